The zero-order chi connectivity index (χ0) is 15.0. The van der Waals surface area contributed by atoms with Crippen LogP contribution in [0.25, 0.3) is 10.9 Å². The molecule has 0 saturated heterocycles. The Hall–Kier alpha value is -1.27. The molecule has 0 amide bonds. The van der Waals surface area contributed by atoms with Crippen molar-refractivity contribution in [1.82, 2.24) is 4.98 Å². The lowest BCUT2D eigenvalue weighted by atomic mass is 10.0. The first-order chi connectivity index (χ1) is 10.0. The van der Waals surface area contributed by atoms with Gasteiger partial charge in [-0.1, -0.05) is 22.0 Å². The van der Waals surface area contributed by atoms with E-state index in [4.69, 9.17) is 0 Å². The number of carbonyl (C=O) groups is 1. The van der Waals surface area contributed by atoms with Crippen LogP contribution >= 0.6 is 38.5 Å². The summed E-state index contributed by atoms with van der Waals surface area (Å²) >= 11 is 5.61. The lowest BCUT2D eigenvalue weighted by molar-refractivity contribution is 0.103. The molecule has 104 valence electrons. The normalized spacial score (nSPS) is 10.8. The zero-order valence-electron chi connectivity index (χ0n) is 11.2. The van der Waals surface area contributed by atoms with Gasteiger partial charge in [-0.3, -0.25) is 9.78 Å². The quantitative estimate of drug-likeness (QED) is 0.398. The molecular weight excluding hydrogens is 441 g/mol. The molecule has 0 aliphatic carbocycles. The van der Waals surface area contributed by atoms with Gasteiger partial charge in [0, 0.05) is 30.2 Å². The van der Waals surface area contributed by atoms with Crippen LogP contribution in [0.15, 0.2) is 53.0 Å². The van der Waals surface area contributed by atoms with Crippen molar-refractivity contribution in [2.75, 3.05) is 0 Å². The van der Waals surface area contributed by atoms with E-state index in [1.165, 1.54) is 0 Å². The second-order valence-electron chi connectivity index (χ2n) is 4.81. The molecule has 4 heteroatoms. The summed E-state index contributed by atoms with van der Waals surface area (Å²) in [7, 11) is 0. The number of benzene rings is 2. The molecule has 0 N–H and O–H groups in total. The fourth-order valence-corrected chi connectivity index (χ4v) is 3.14. The minimum Gasteiger partial charge on any atom is -0.289 e. The average molecular weight is 452 g/mol. The number of nitrogens with zero attached hydrogens (tertiary/aromatic N) is 1. The third-order valence-electron chi connectivity index (χ3n) is 3.26. The maximum Gasteiger partial charge on any atom is 0.194 e. The van der Waals surface area contributed by atoms with Crippen LogP contribution in [0.3, 0.4) is 0 Å². The summed E-state index contributed by atoms with van der Waals surface area (Å²) in [4.78, 5) is 17.1. The van der Waals surface area contributed by atoms with Gasteiger partial charge in [0.2, 0.25) is 0 Å². The summed E-state index contributed by atoms with van der Waals surface area (Å²) < 4.78 is 1.85. The molecule has 3 aromatic rings. The number of rotatable bonds is 2. The van der Waals surface area contributed by atoms with Gasteiger partial charge in [0.05, 0.1) is 5.52 Å². The van der Waals surface area contributed by atoms with Gasteiger partial charge in [0.15, 0.2) is 5.78 Å². The number of hydrogen-bond acceptors (Lipinski definition) is 2. The minimum absolute atomic E-state index is 0.0307. The predicted octanol–water partition coefficient (Wildman–Crippen LogP) is 5.14. The van der Waals surface area contributed by atoms with Crippen LogP contribution in [0.1, 0.15) is 21.6 Å². The highest BCUT2D eigenvalue weighted by molar-refractivity contribution is 14.1. The molecule has 0 bridgehead atoms. The predicted molar refractivity (Wildman–Crippen MR) is 96.8 cm³/mol. The van der Waals surface area contributed by atoms with Gasteiger partial charge in [-0.25, -0.2) is 0 Å². The highest BCUT2D eigenvalue weighted by Gasteiger charge is 2.13. The minimum atomic E-state index is 0.0307. The summed E-state index contributed by atoms with van der Waals surface area (Å²) in [6.07, 6.45) is 0. The van der Waals surface area contributed by atoms with Gasteiger partial charge in [-0.2, -0.15) is 0 Å². The van der Waals surface area contributed by atoms with E-state index in [9.17, 15) is 4.79 Å². The molecule has 0 saturated carbocycles. The number of hydrogen-bond donors (Lipinski definition) is 0. The summed E-state index contributed by atoms with van der Waals surface area (Å²) in [5.74, 6) is 0.0307. The standard InChI is InChI=1S/C17H11BrINO/c1-10-2-3-11-8-12(4-7-16(11)20-10)17(21)14-9-13(18)5-6-15(14)19/h2-9H,1H3. The monoisotopic (exact) mass is 451 g/mol. The Labute approximate surface area is 144 Å². The van der Waals surface area contributed by atoms with Gasteiger partial charge < -0.3 is 0 Å². The molecular formula is C17H11BrINO. The summed E-state index contributed by atoms with van der Waals surface area (Å²) in [6.45, 7) is 1.96. The third-order valence-corrected chi connectivity index (χ3v) is 4.70. The Balaban J connectivity index is 2.09. The maximum atomic E-state index is 12.7. The number of aryl methyl sites for hydroxylation is 1. The van der Waals surface area contributed by atoms with E-state index >= 15 is 0 Å². The molecule has 0 aliphatic heterocycles. The van der Waals surface area contributed by atoms with Gasteiger partial charge in [-0.15, -0.1) is 0 Å². The second kappa shape index (κ2) is 5.85. The Morgan fingerprint density at radius 1 is 1.10 bits per heavy atom. The van der Waals surface area contributed by atoms with E-state index in [0.717, 1.165) is 24.6 Å². The molecule has 0 radical (unpaired) electrons. The first-order valence-corrected chi connectivity index (χ1v) is 8.29. The van der Waals surface area contributed by atoms with Crippen LogP contribution in [-0.2, 0) is 0 Å². The molecule has 1 aromatic heterocycles. The fourth-order valence-electron chi connectivity index (χ4n) is 2.20. The smallest absolute Gasteiger partial charge is 0.194 e. The Kier molecular flexibility index (Phi) is 4.08. The van der Waals surface area contributed by atoms with E-state index in [2.05, 4.69) is 43.5 Å². The van der Waals surface area contributed by atoms with Crippen molar-refractivity contribution in [3.8, 4) is 0 Å². The first kappa shape index (κ1) is 14.7. The van der Waals surface area contributed by atoms with Crippen molar-refractivity contribution >= 4 is 55.2 Å². The highest BCUT2D eigenvalue weighted by Crippen LogP contribution is 2.23. The molecule has 1 heterocycles. The number of pyridine rings is 1. The van der Waals surface area contributed by atoms with E-state index in [1.807, 2.05) is 55.5 Å². The Morgan fingerprint density at radius 3 is 2.71 bits per heavy atom. The van der Waals surface area contributed by atoms with Crippen molar-refractivity contribution in [3.63, 3.8) is 0 Å². The van der Waals surface area contributed by atoms with Gasteiger partial charge >= 0.3 is 0 Å². The van der Waals surface area contributed by atoms with Crippen LogP contribution in [0, 0.1) is 10.5 Å². The van der Waals surface area contributed by atoms with Crippen molar-refractivity contribution < 1.29 is 4.79 Å². The SMILES string of the molecule is Cc1ccc2cc(C(=O)c3cc(Br)ccc3I)ccc2n1. The number of ketones is 1. The van der Waals surface area contributed by atoms with E-state index in [0.29, 0.717) is 11.1 Å². The number of fused-ring (bicyclic) bond motifs is 1. The van der Waals surface area contributed by atoms with Crippen LogP contribution < -0.4 is 0 Å². The summed E-state index contributed by atoms with van der Waals surface area (Å²) in [5, 5.41) is 0.983. The zero-order valence-corrected chi connectivity index (χ0v) is 15.0. The van der Waals surface area contributed by atoms with E-state index in [1.54, 1.807) is 0 Å². The van der Waals surface area contributed by atoms with Crippen molar-refractivity contribution in [2.24, 2.45) is 0 Å². The largest absolute Gasteiger partial charge is 0.289 e. The summed E-state index contributed by atoms with van der Waals surface area (Å²) in [5.41, 5.74) is 3.28. The van der Waals surface area contributed by atoms with Gasteiger partial charge in [0.25, 0.3) is 0 Å². The number of halogens is 2. The lowest BCUT2D eigenvalue weighted by Gasteiger charge is -2.06. The maximum absolute atomic E-state index is 12.7. The average Bonchev–Trinajstić information content (AvgIpc) is 2.48. The van der Waals surface area contributed by atoms with Crippen LogP contribution in [0.4, 0.5) is 0 Å². The second-order valence-corrected chi connectivity index (χ2v) is 6.89. The van der Waals surface area contributed by atoms with Crippen molar-refractivity contribution in [2.45, 2.75) is 6.92 Å². The molecule has 2 nitrogen and oxygen atoms in total. The lowest BCUT2D eigenvalue weighted by Crippen LogP contribution is -2.04. The molecule has 0 aliphatic rings. The van der Waals surface area contributed by atoms with E-state index in [-0.39, 0.29) is 5.78 Å². The Bertz CT molecular complexity index is 861. The molecule has 0 fully saturated rings. The van der Waals surface area contributed by atoms with Crippen LogP contribution in [0.5, 0.6) is 0 Å². The third kappa shape index (κ3) is 3.01. The number of aromatic nitrogens is 1. The van der Waals surface area contributed by atoms with Gasteiger partial charge in [-0.05, 0) is 72.0 Å². The first-order valence-electron chi connectivity index (χ1n) is 6.42. The van der Waals surface area contributed by atoms with Crippen molar-refractivity contribution in [3.05, 3.63) is 73.4 Å². The molecule has 21 heavy (non-hydrogen) atoms. The Morgan fingerprint density at radius 2 is 1.90 bits per heavy atom. The molecule has 3 rings (SSSR count). The highest BCUT2D eigenvalue weighted by atomic mass is 127. The van der Waals surface area contributed by atoms with Crippen molar-refractivity contribution in [1.29, 1.82) is 0 Å². The van der Waals surface area contributed by atoms with Crippen LogP contribution in [-0.4, -0.2) is 10.8 Å². The van der Waals surface area contributed by atoms with Gasteiger partial charge in [0.1, 0.15) is 0 Å². The molecule has 0 spiro atoms. The summed E-state index contributed by atoms with van der Waals surface area (Å²) in [6, 6.07) is 15.3. The van der Waals surface area contributed by atoms with E-state index < -0.39 is 0 Å². The number of carbonyl (C=O) groups excluding carboxylic acids is 1. The topological polar surface area (TPSA) is 30.0 Å². The van der Waals surface area contributed by atoms with Crippen LogP contribution in [0.2, 0.25) is 0 Å². The molecule has 0 atom stereocenters. The molecule has 0 unspecified atom stereocenters. The molecule has 2 aromatic carbocycles. The fraction of sp³-hybridized carbons (Fsp3) is 0.0588.